The number of fused-ring (bicyclic) bond motifs is 1. The first-order valence-corrected chi connectivity index (χ1v) is 13.4. The smallest absolute Gasteiger partial charge is 0.279 e. The summed E-state index contributed by atoms with van der Waals surface area (Å²) in [5.74, 6) is 2.20. The summed E-state index contributed by atoms with van der Waals surface area (Å²) in [5, 5.41) is 0. The van der Waals surface area contributed by atoms with Crippen molar-refractivity contribution in [3.05, 3.63) is 58.4 Å². The summed E-state index contributed by atoms with van der Waals surface area (Å²) in [7, 11) is -3.59. The molecule has 4 rings (SSSR count). The fourth-order valence-electron chi connectivity index (χ4n) is 4.39. The van der Waals surface area contributed by atoms with E-state index in [1.165, 1.54) is 35.6 Å². The molecular formula is C25H27N3O3S2. The summed E-state index contributed by atoms with van der Waals surface area (Å²) in [4.78, 5) is 18.0. The molecule has 8 heteroatoms. The zero-order valence-corrected chi connectivity index (χ0v) is 20.5. The van der Waals surface area contributed by atoms with E-state index in [1.54, 1.807) is 4.31 Å². The molecule has 1 aliphatic rings. The Bertz CT molecular complexity index is 1390. The summed E-state index contributed by atoms with van der Waals surface area (Å²) in [5.41, 5.74) is 2.37. The largest absolute Gasteiger partial charge is 0.304 e. The van der Waals surface area contributed by atoms with E-state index in [-0.39, 0.29) is 10.9 Å². The molecule has 33 heavy (non-hydrogen) atoms. The van der Waals surface area contributed by atoms with Crippen molar-refractivity contribution >= 4 is 37.5 Å². The molecule has 2 heterocycles. The van der Waals surface area contributed by atoms with E-state index in [2.05, 4.69) is 10.9 Å². The van der Waals surface area contributed by atoms with E-state index in [0.717, 1.165) is 41.5 Å². The van der Waals surface area contributed by atoms with E-state index in [9.17, 15) is 13.2 Å². The van der Waals surface area contributed by atoms with Crippen LogP contribution in [-0.2, 0) is 16.6 Å². The van der Waals surface area contributed by atoms with Gasteiger partial charge in [-0.05, 0) is 62.1 Å². The van der Waals surface area contributed by atoms with Gasteiger partial charge in [0, 0.05) is 18.2 Å². The Kier molecular flexibility index (Phi) is 6.84. The average Bonchev–Trinajstić information content (AvgIpc) is 3.17. The standard InChI is InChI=1S/C25H27N3O3S2/c1-4-16-27-23-18(3)9-8-11-22(23)32-25(27)26-24(29)19-12-14-21(15-13-19)33(30,31)28-17-7-6-10-20(28)5-2/h1,8-9,11-15,20H,5-7,10,16-17H2,2-3H3. The predicted octanol–water partition coefficient (Wildman–Crippen LogP) is 4.34. The van der Waals surface area contributed by atoms with Gasteiger partial charge in [0.1, 0.15) is 0 Å². The van der Waals surface area contributed by atoms with Gasteiger partial charge in [0.2, 0.25) is 10.0 Å². The number of terminal acetylenes is 1. The number of para-hydroxylation sites is 1. The first-order valence-electron chi connectivity index (χ1n) is 11.1. The molecule has 172 valence electrons. The number of carbonyl (C=O) groups is 1. The Morgan fingerprint density at radius 1 is 1.21 bits per heavy atom. The average molecular weight is 482 g/mol. The van der Waals surface area contributed by atoms with Gasteiger partial charge >= 0.3 is 0 Å². The molecule has 1 amide bonds. The van der Waals surface area contributed by atoms with E-state index < -0.39 is 15.9 Å². The number of benzene rings is 2. The van der Waals surface area contributed by atoms with Crippen molar-refractivity contribution in [3.63, 3.8) is 0 Å². The lowest BCUT2D eigenvalue weighted by molar-refractivity contribution is 0.0997. The Hall–Kier alpha value is -2.73. The zero-order chi connectivity index (χ0) is 23.6. The monoisotopic (exact) mass is 481 g/mol. The van der Waals surface area contributed by atoms with E-state index in [1.807, 2.05) is 36.6 Å². The number of thiazole rings is 1. The van der Waals surface area contributed by atoms with E-state index >= 15 is 0 Å². The van der Waals surface area contributed by atoms with Gasteiger partial charge in [0.25, 0.3) is 5.91 Å². The number of nitrogens with zero attached hydrogens (tertiary/aromatic N) is 3. The normalized spacial score (nSPS) is 17.8. The molecule has 1 unspecified atom stereocenters. The summed E-state index contributed by atoms with van der Waals surface area (Å²) in [6.45, 7) is 4.86. The third-order valence-corrected chi connectivity index (χ3v) is 9.11. The molecular weight excluding hydrogens is 454 g/mol. The van der Waals surface area contributed by atoms with Crippen LogP contribution >= 0.6 is 11.3 Å². The molecule has 1 saturated heterocycles. The van der Waals surface area contributed by atoms with Crippen LogP contribution in [0.1, 0.15) is 48.5 Å². The number of aromatic nitrogens is 1. The van der Waals surface area contributed by atoms with Gasteiger partial charge in [-0.3, -0.25) is 4.79 Å². The van der Waals surface area contributed by atoms with Crippen LogP contribution in [0.2, 0.25) is 0 Å². The SMILES string of the molecule is C#CCn1c(=NC(=O)c2ccc(S(=O)(=O)N3CCCCC3CC)cc2)sc2cccc(C)c21. The van der Waals surface area contributed by atoms with Gasteiger partial charge < -0.3 is 4.57 Å². The van der Waals surface area contributed by atoms with Crippen molar-refractivity contribution in [1.29, 1.82) is 0 Å². The molecule has 0 bridgehead atoms. The van der Waals surface area contributed by atoms with Crippen LogP contribution in [0.5, 0.6) is 0 Å². The van der Waals surface area contributed by atoms with Gasteiger partial charge in [-0.15, -0.1) is 6.42 Å². The lowest BCUT2D eigenvalue weighted by Gasteiger charge is -2.34. The quantitative estimate of drug-likeness (QED) is 0.509. The number of amides is 1. The summed E-state index contributed by atoms with van der Waals surface area (Å²) < 4.78 is 30.8. The van der Waals surface area contributed by atoms with Crippen molar-refractivity contribution < 1.29 is 13.2 Å². The zero-order valence-electron chi connectivity index (χ0n) is 18.8. The molecule has 0 saturated carbocycles. The number of aryl methyl sites for hydroxylation is 1. The third kappa shape index (κ3) is 4.54. The highest BCUT2D eigenvalue weighted by molar-refractivity contribution is 7.89. The summed E-state index contributed by atoms with van der Waals surface area (Å²) >= 11 is 1.41. The Morgan fingerprint density at radius 3 is 2.67 bits per heavy atom. The molecule has 0 radical (unpaired) electrons. The van der Waals surface area contributed by atoms with Crippen molar-refractivity contribution in [2.75, 3.05) is 6.54 Å². The maximum Gasteiger partial charge on any atom is 0.279 e. The molecule has 0 N–H and O–H groups in total. The van der Waals surface area contributed by atoms with Crippen molar-refractivity contribution in [3.8, 4) is 12.3 Å². The number of hydrogen-bond donors (Lipinski definition) is 0. The first kappa shape index (κ1) is 23.4. The van der Waals surface area contributed by atoms with Gasteiger partial charge in [0.05, 0.1) is 21.7 Å². The molecule has 0 aliphatic carbocycles. The molecule has 6 nitrogen and oxygen atoms in total. The number of rotatable bonds is 5. The van der Waals surface area contributed by atoms with Crippen LogP contribution in [0.4, 0.5) is 0 Å². The molecule has 1 aliphatic heterocycles. The minimum Gasteiger partial charge on any atom is -0.304 e. The Labute approximate surface area is 198 Å². The third-order valence-electron chi connectivity index (χ3n) is 6.10. The topological polar surface area (TPSA) is 71.7 Å². The summed E-state index contributed by atoms with van der Waals surface area (Å²) in [6, 6.07) is 12.1. The van der Waals surface area contributed by atoms with E-state index in [4.69, 9.17) is 6.42 Å². The second-order valence-electron chi connectivity index (χ2n) is 8.21. The molecule has 1 aromatic heterocycles. The molecule has 1 fully saturated rings. The van der Waals surface area contributed by atoms with Gasteiger partial charge in [-0.2, -0.15) is 9.30 Å². The van der Waals surface area contributed by atoms with Crippen LogP contribution in [0.25, 0.3) is 10.2 Å². The van der Waals surface area contributed by atoms with Crippen LogP contribution < -0.4 is 4.80 Å². The number of carbonyl (C=O) groups excluding carboxylic acids is 1. The van der Waals surface area contributed by atoms with Gasteiger partial charge in [0.15, 0.2) is 4.80 Å². The van der Waals surface area contributed by atoms with Crippen LogP contribution in [0, 0.1) is 19.3 Å². The van der Waals surface area contributed by atoms with Crippen LogP contribution in [-0.4, -0.2) is 35.8 Å². The number of sulfonamides is 1. The number of piperidine rings is 1. The lowest BCUT2D eigenvalue weighted by Crippen LogP contribution is -2.43. The fraction of sp³-hybridized carbons (Fsp3) is 0.360. The second kappa shape index (κ2) is 9.64. The maximum absolute atomic E-state index is 13.2. The summed E-state index contributed by atoms with van der Waals surface area (Å²) in [6.07, 6.45) is 9.16. The fourth-order valence-corrected chi connectivity index (χ4v) is 7.26. The minimum absolute atomic E-state index is 0.0306. The van der Waals surface area contributed by atoms with Gasteiger partial charge in [-0.25, -0.2) is 8.42 Å². The molecule has 3 aromatic rings. The second-order valence-corrected chi connectivity index (χ2v) is 11.1. The highest BCUT2D eigenvalue weighted by atomic mass is 32.2. The molecule has 1 atom stereocenters. The van der Waals surface area contributed by atoms with Crippen molar-refractivity contribution in [1.82, 2.24) is 8.87 Å². The number of hydrogen-bond acceptors (Lipinski definition) is 4. The molecule has 0 spiro atoms. The van der Waals surface area contributed by atoms with Gasteiger partial charge in [-0.1, -0.05) is 42.7 Å². The predicted molar refractivity (Wildman–Crippen MR) is 132 cm³/mol. The highest BCUT2D eigenvalue weighted by Crippen LogP contribution is 2.27. The molecule has 2 aromatic carbocycles. The maximum atomic E-state index is 13.2. The highest BCUT2D eigenvalue weighted by Gasteiger charge is 2.32. The van der Waals surface area contributed by atoms with Crippen molar-refractivity contribution in [2.24, 2.45) is 4.99 Å². The Morgan fingerprint density at radius 2 is 1.97 bits per heavy atom. The van der Waals surface area contributed by atoms with Crippen LogP contribution in [0.3, 0.4) is 0 Å². The van der Waals surface area contributed by atoms with E-state index in [0.29, 0.717) is 23.5 Å². The van der Waals surface area contributed by atoms with Crippen LogP contribution in [0.15, 0.2) is 52.4 Å². The lowest BCUT2D eigenvalue weighted by atomic mass is 10.0. The van der Waals surface area contributed by atoms with Crippen molar-refractivity contribution in [2.45, 2.75) is 57.0 Å². The Balaban J connectivity index is 1.66. The minimum atomic E-state index is -3.59. The first-order chi connectivity index (χ1) is 15.9.